The largest absolute Gasteiger partial charge is 0.444 e. The molecule has 6 heteroatoms. The second-order valence-electron chi connectivity index (χ2n) is 9.11. The highest BCUT2D eigenvalue weighted by atomic mass is 16.6. The Hall–Kier alpha value is -2.08. The molecule has 1 aromatic rings. The molecule has 3 rings (SSSR count). The molecule has 2 atom stereocenters. The first-order valence-electron chi connectivity index (χ1n) is 10.2. The van der Waals surface area contributed by atoms with Gasteiger partial charge in [0.25, 0.3) is 0 Å². The van der Waals surface area contributed by atoms with Crippen molar-refractivity contribution < 1.29 is 19.4 Å². The topological polar surface area (TPSA) is 70.1 Å². The van der Waals surface area contributed by atoms with Gasteiger partial charge >= 0.3 is 6.09 Å². The van der Waals surface area contributed by atoms with Crippen LogP contribution in [0.2, 0.25) is 0 Å². The maximum atomic E-state index is 12.3. The molecule has 0 saturated carbocycles. The van der Waals surface area contributed by atoms with Crippen LogP contribution in [0.1, 0.15) is 64.5 Å². The van der Waals surface area contributed by atoms with Crippen molar-refractivity contribution in [1.29, 1.82) is 0 Å². The number of carbonyl (C=O) groups excluding carboxylic acids is 2. The van der Waals surface area contributed by atoms with Gasteiger partial charge in [0.2, 0.25) is 5.91 Å². The maximum absolute atomic E-state index is 12.3. The molecule has 1 N–H and O–H groups in total. The van der Waals surface area contributed by atoms with Gasteiger partial charge in [-0.25, -0.2) is 4.79 Å². The highest BCUT2D eigenvalue weighted by Gasteiger charge is 2.34. The molecule has 2 amide bonds. The Bertz CT molecular complexity index is 747. The van der Waals surface area contributed by atoms with Crippen LogP contribution in [0.5, 0.6) is 0 Å². The SMILES string of the molecule is CC(=O)N1c2ccc(C3CCN(C(=O)OC(C)(C)C)CC3)cc2CC(C)C1O. The molecule has 1 aromatic carbocycles. The monoisotopic (exact) mass is 388 g/mol. The van der Waals surface area contributed by atoms with Gasteiger partial charge in [-0.05, 0) is 63.1 Å². The van der Waals surface area contributed by atoms with Crippen LogP contribution in [0.4, 0.5) is 10.5 Å². The molecule has 0 bridgehead atoms. The average Bonchev–Trinajstić information content (AvgIpc) is 2.60. The summed E-state index contributed by atoms with van der Waals surface area (Å²) in [6.07, 6.45) is 1.54. The lowest BCUT2D eigenvalue weighted by Gasteiger charge is -2.38. The number of anilines is 1. The first-order valence-corrected chi connectivity index (χ1v) is 10.2. The van der Waals surface area contributed by atoms with Crippen LogP contribution < -0.4 is 4.90 Å². The molecule has 1 fully saturated rings. The van der Waals surface area contributed by atoms with Gasteiger partial charge in [0.15, 0.2) is 0 Å². The van der Waals surface area contributed by atoms with Gasteiger partial charge in [-0.1, -0.05) is 19.1 Å². The Morgan fingerprint density at radius 1 is 1.18 bits per heavy atom. The van der Waals surface area contributed by atoms with Gasteiger partial charge in [0.05, 0.1) is 0 Å². The summed E-state index contributed by atoms with van der Waals surface area (Å²) in [4.78, 5) is 27.6. The number of aliphatic hydroxyl groups is 1. The smallest absolute Gasteiger partial charge is 0.410 e. The van der Waals surface area contributed by atoms with Crippen molar-refractivity contribution in [2.75, 3.05) is 18.0 Å². The fourth-order valence-corrected chi connectivity index (χ4v) is 4.18. The number of piperidine rings is 1. The Morgan fingerprint density at radius 3 is 2.39 bits per heavy atom. The molecular weight excluding hydrogens is 356 g/mol. The molecule has 0 aromatic heterocycles. The van der Waals surface area contributed by atoms with Gasteiger partial charge in [0.1, 0.15) is 11.8 Å². The molecule has 0 aliphatic carbocycles. The highest BCUT2D eigenvalue weighted by molar-refractivity contribution is 5.93. The average molecular weight is 389 g/mol. The number of benzene rings is 1. The van der Waals surface area contributed by atoms with Gasteiger partial charge in [-0.3, -0.25) is 9.69 Å². The second-order valence-corrected chi connectivity index (χ2v) is 9.11. The van der Waals surface area contributed by atoms with Gasteiger partial charge in [-0.15, -0.1) is 0 Å². The molecule has 1 saturated heterocycles. The number of amides is 2. The van der Waals surface area contributed by atoms with Crippen LogP contribution in [0.3, 0.4) is 0 Å². The van der Waals surface area contributed by atoms with E-state index in [0.717, 1.165) is 30.5 Å². The summed E-state index contributed by atoms with van der Waals surface area (Å²) < 4.78 is 5.47. The minimum atomic E-state index is -0.770. The standard InChI is InChI=1S/C22H32N2O4/c1-14-12-18-13-17(6-7-19(18)24(15(2)25)20(14)26)16-8-10-23(11-9-16)21(27)28-22(3,4)5/h6-7,13-14,16,20,26H,8-12H2,1-5H3. The predicted molar refractivity (Wildman–Crippen MR) is 108 cm³/mol. The number of hydrogen-bond donors (Lipinski definition) is 1. The van der Waals surface area contributed by atoms with E-state index in [1.807, 2.05) is 33.8 Å². The Balaban J connectivity index is 1.71. The molecule has 28 heavy (non-hydrogen) atoms. The zero-order valence-corrected chi connectivity index (χ0v) is 17.6. The number of carbonyl (C=O) groups is 2. The summed E-state index contributed by atoms with van der Waals surface area (Å²) >= 11 is 0. The minimum Gasteiger partial charge on any atom is -0.444 e. The Morgan fingerprint density at radius 2 is 1.82 bits per heavy atom. The number of ether oxygens (including phenoxy) is 1. The molecule has 2 heterocycles. The fourth-order valence-electron chi connectivity index (χ4n) is 4.18. The molecule has 0 spiro atoms. The first kappa shape index (κ1) is 20.6. The van der Waals surface area contributed by atoms with E-state index in [-0.39, 0.29) is 17.9 Å². The number of fused-ring (bicyclic) bond motifs is 1. The van der Waals surface area contributed by atoms with Gasteiger partial charge in [0, 0.05) is 31.6 Å². The van der Waals surface area contributed by atoms with Crippen molar-refractivity contribution in [3.63, 3.8) is 0 Å². The number of rotatable bonds is 1. The fraction of sp³-hybridized carbons (Fsp3) is 0.636. The number of nitrogens with zero attached hydrogens (tertiary/aromatic N) is 2. The van der Waals surface area contributed by atoms with E-state index < -0.39 is 11.8 Å². The molecular formula is C22H32N2O4. The maximum Gasteiger partial charge on any atom is 0.410 e. The second kappa shape index (κ2) is 7.74. The number of aliphatic hydroxyl groups excluding tert-OH is 1. The first-order chi connectivity index (χ1) is 13.1. The van der Waals surface area contributed by atoms with Crippen LogP contribution in [0, 0.1) is 5.92 Å². The van der Waals surface area contributed by atoms with E-state index in [1.165, 1.54) is 17.4 Å². The third kappa shape index (κ3) is 4.32. The lowest BCUT2D eigenvalue weighted by atomic mass is 9.85. The van der Waals surface area contributed by atoms with E-state index in [1.54, 1.807) is 4.90 Å². The normalized spacial score (nSPS) is 23.4. The van der Waals surface area contributed by atoms with Crippen LogP contribution in [-0.2, 0) is 16.0 Å². The van der Waals surface area contributed by atoms with E-state index in [9.17, 15) is 14.7 Å². The quantitative estimate of drug-likeness (QED) is 0.797. The van der Waals surface area contributed by atoms with Crippen molar-refractivity contribution in [3.8, 4) is 0 Å². The summed E-state index contributed by atoms with van der Waals surface area (Å²) in [6, 6.07) is 6.20. The third-order valence-corrected chi connectivity index (χ3v) is 5.64. The van der Waals surface area contributed by atoms with E-state index in [4.69, 9.17) is 4.74 Å². The van der Waals surface area contributed by atoms with Crippen molar-refractivity contribution in [2.45, 2.75) is 71.6 Å². The number of likely N-dealkylation sites (tertiary alicyclic amines) is 1. The predicted octanol–water partition coefficient (Wildman–Crippen LogP) is 3.66. The molecule has 2 aliphatic heterocycles. The van der Waals surface area contributed by atoms with Crippen LogP contribution in [-0.4, -0.2) is 46.9 Å². The summed E-state index contributed by atoms with van der Waals surface area (Å²) in [5, 5.41) is 10.4. The lowest BCUT2D eigenvalue weighted by Crippen LogP contribution is -2.47. The third-order valence-electron chi connectivity index (χ3n) is 5.64. The van der Waals surface area contributed by atoms with E-state index >= 15 is 0 Å². The molecule has 0 radical (unpaired) electrons. The lowest BCUT2D eigenvalue weighted by molar-refractivity contribution is -0.119. The Labute approximate surface area is 167 Å². The van der Waals surface area contributed by atoms with Crippen LogP contribution in [0.15, 0.2) is 18.2 Å². The van der Waals surface area contributed by atoms with Crippen molar-refractivity contribution >= 4 is 17.7 Å². The van der Waals surface area contributed by atoms with Crippen molar-refractivity contribution in [1.82, 2.24) is 4.90 Å². The summed E-state index contributed by atoms with van der Waals surface area (Å²) in [5.74, 6) is 0.247. The molecule has 6 nitrogen and oxygen atoms in total. The van der Waals surface area contributed by atoms with Gasteiger partial charge < -0.3 is 14.7 Å². The Kier molecular flexibility index (Phi) is 5.71. The summed E-state index contributed by atoms with van der Waals surface area (Å²) in [7, 11) is 0. The highest BCUT2D eigenvalue weighted by Crippen LogP contribution is 2.37. The van der Waals surface area contributed by atoms with Crippen LogP contribution >= 0.6 is 0 Å². The van der Waals surface area contributed by atoms with Gasteiger partial charge in [-0.2, -0.15) is 0 Å². The number of hydrogen-bond acceptors (Lipinski definition) is 4. The van der Waals surface area contributed by atoms with Crippen molar-refractivity contribution in [3.05, 3.63) is 29.3 Å². The molecule has 2 unspecified atom stereocenters. The van der Waals surface area contributed by atoms with E-state index in [2.05, 4.69) is 12.1 Å². The molecule has 2 aliphatic rings. The van der Waals surface area contributed by atoms with E-state index in [0.29, 0.717) is 19.0 Å². The van der Waals surface area contributed by atoms with Crippen molar-refractivity contribution in [2.24, 2.45) is 5.92 Å². The zero-order valence-electron chi connectivity index (χ0n) is 17.6. The zero-order chi connectivity index (χ0) is 20.6. The van der Waals surface area contributed by atoms with Crippen LogP contribution in [0.25, 0.3) is 0 Å². The summed E-state index contributed by atoms with van der Waals surface area (Å²) in [6.45, 7) is 10.5. The minimum absolute atomic E-state index is 0.000616. The molecule has 154 valence electrons. The summed E-state index contributed by atoms with van der Waals surface area (Å²) in [5.41, 5.74) is 2.69.